The number of hydrogen-bond donors (Lipinski definition) is 2. The monoisotopic (exact) mass is 401 g/mol. The predicted octanol–water partition coefficient (Wildman–Crippen LogP) is 3.54. The number of nitrogens with zero attached hydrogens (tertiary/aromatic N) is 1. The lowest BCUT2D eigenvalue weighted by Crippen LogP contribution is -2.33. The van der Waals surface area contributed by atoms with Gasteiger partial charge in [-0.05, 0) is 35.7 Å². The topological polar surface area (TPSA) is 50.4 Å². The van der Waals surface area contributed by atoms with E-state index < -0.39 is 0 Å². The van der Waals surface area contributed by atoms with Gasteiger partial charge in [0, 0.05) is 11.2 Å². The van der Waals surface area contributed by atoms with Gasteiger partial charge in [-0.1, -0.05) is 30.4 Å². The Morgan fingerprint density at radius 1 is 1.40 bits per heavy atom. The highest BCUT2D eigenvalue weighted by Crippen LogP contribution is 2.25. The van der Waals surface area contributed by atoms with E-state index in [1.54, 1.807) is 11.3 Å². The molecule has 108 valence electrons. The van der Waals surface area contributed by atoms with Crippen LogP contribution in [0.5, 0.6) is 0 Å². The van der Waals surface area contributed by atoms with Crippen molar-refractivity contribution in [1.29, 1.82) is 0 Å². The lowest BCUT2D eigenvalue weighted by atomic mass is 10.1. The molecule has 1 aromatic carbocycles. The van der Waals surface area contributed by atoms with Crippen molar-refractivity contribution in [2.75, 3.05) is 13.1 Å². The van der Waals surface area contributed by atoms with Crippen LogP contribution in [0.1, 0.15) is 12.5 Å². The fourth-order valence-corrected chi connectivity index (χ4v) is 2.82. The van der Waals surface area contributed by atoms with E-state index in [2.05, 4.69) is 46.5 Å². The Hall–Kier alpha value is -1.08. The smallest absolute Gasteiger partial charge is 0.188 e. The van der Waals surface area contributed by atoms with Gasteiger partial charge in [0.25, 0.3) is 0 Å². The minimum Gasteiger partial charge on any atom is -0.370 e. The SMILES string of the molecule is C=C(C)CN=C(N)NCCc1csc2ccccc12.I. The number of aliphatic imine (C=N–C) groups is 1. The average Bonchev–Trinajstić information content (AvgIpc) is 2.80. The van der Waals surface area contributed by atoms with Crippen molar-refractivity contribution >= 4 is 51.4 Å². The number of guanidine groups is 1. The van der Waals surface area contributed by atoms with Crippen LogP contribution in [0.15, 0.2) is 46.8 Å². The molecule has 0 saturated heterocycles. The van der Waals surface area contributed by atoms with Gasteiger partial charge in [0.2, 0.25) is 0 Å². The number of rotatable bonds is 5. The molecule has 1 aromatic heterocycles. The Balaban J connectivity index is 0.00000200. The summed E-state index contributed by atoms with van der Waals surface area (Å²) in [5, 5.41) is 6.69. The van der Waals surface area contributed by atoms with Gasteiger partial charge in [0.15, 0.2) is 5.96 Å². The van der Waals surface area contributed by atoms with Crippen LogP contribution in [0.2, 0.25) is 0 Å². The quantitative estimate of drug-likeness (QED) is 0.349. The zero-order valence-electron chi connectivity index (χ0n) is 11.6. The van der Waals surface area contributed by atoms with Crippen LogP contribution >= 0.6 is 35.3 Å². The molecule has 0 bridgehead atoms. The number of hydrogen-bond acceptors (Lipinski definition) is 2. The predicted molar refractivity (Wildman–Crippen MR) is 100 cm³/mol. The molecule has 1 heterocycles. The molecule has 2 aromatic rings. The molecule has 20 heavy (non-hydrogen) atoms. The number of benzene rings is 1. The van der Waals surface area contributed by atoms with Gasteiger partial charge in [0.05, 0.1) is 6.54 Å². The van der Waals surface area contributed by atoms with Crippen molar-refractivity contribution in [3.8, 4) is 0 Å². The molecule has 3 N–H and O–H groups in total. The van der Waals surface area contributed by atoms with Crippen LogP contribution in [0.3, 0.4) is 0 Å². The third kappa shape index (κ3) is 4.79. The summed E-state index contributed by atoms with van der Waals surface area (Å²) >= 11 is 1.79. The van der Waals surface area contributed by atoms with Gasteiger partial charge >= 0.3 is 0 Å². The van der Waals surface area contributed by atoms with E-state index in [0.717, 1.165) is 18.5 Å². The zero-order valence-corrected chi connectivity index (χ0v) is 14.7. The molecule has 0 spiro atoms. The van der Waals surface area contributed by atoms with Crippen LogP contribution < -0.4 is 11.1 Å². The highest BCUT2D eigenvalue weighted by Gasteiger charge is 2.02. The molecule has 0 unspecified atom stereocenters. The second kappa shape index (κ2) is 8.26. The summed E-state index contributed by atoms with van der Waals surface area (Å²) in [5.41, 5.74) is 8.14. The maximum absolute atomic E-state index is 5.77. The Kier molecular flexibility index (Phi) is 7.01. The van der Waals surface area contributed by atoms with Crippen LogP contribution in [0, 0.1) is 0 Å². The normalized spacial score (nSPS) is 11.2. The maximum atomic E-state index is 5.77. The van der Waals surface area contributed by atoms with E-state index in [9.17, 15) is 0 Å². The third-order valence-corrected chi connectivity index (χ3v) is 3.79. The summed E-state index contributed by atoms with van der Waals surface area (Å²) in [6.07, 6.45) is 0.952. The van der Waals surface area contributed by atoms with Gasteiger partial charge in [0.1, 0.15) is 0 Å². The summed E-state index contributed by atoms with van der Waals surface area (Å²) in [4.78, 5) is 4.19. The van der Waals surface area contributed by atoms with E-state index >= 15 is 0 Å². The fraction of sp³-hybridized carbons (Fsp3) is 0.267. The number of nitrogens with two attached hydrogens (primary N) is 1. The second-order valence-electron chi connectivity index (χ2n) is 4.59. The lowest BCUT2D eigenvalue weighted by Gasteiger charge is -2.05. The first-order valence-electron chi connectivity index (χ1n) is 6.30. The van der Waals surface area contributed by atoms with Crippen LogP contribution in [-0.4, -0.2) is 19.0 Å². The zero-order chi connectivity index (χ0) is 13.7. The fourth-order valence-electron chi connectivity index (χ4n) is 1.83. The van der Waals surface area contributed by atoms with E-state index in [1.165, 1.54) is 15.6 Å². The van der Waals surface area contributed by atoms with Crippen molar-refractivity contribution < 1.29 is 0 Å². The van der Waals surface area contributed by atoms with Gasteiger partial charge in [-0.25, -0.2) is 4.99 Å². The summed E-state index contributed by atoms with van der Waals surface area (Å²) in [5.74, 6) is 0.488. The molecule has 5 heteroatoms. The Labute approximate surface area is 141 Å². The summed E-state index contributed by atoms with van der Waals surface area (Å²) in [7, 11) is 0. The molecule has 0 fully saturated rings. The molecule has 0 aliphatic heterocycles. The van der Waals surface area contributed by atoms with Crippen molar-refractivity contribution in [2.24, 2.45) is 10.7 Å². The molecule has 0 atom stereocenters. The first kappa shape index (κ1) is 17.0. The molecular formula is C15H20IN3S. The summed E-state index contributed by atoms with van der Waals surface area (Å²) in [6.45, 7) is 7.11. The third-order valence-electron chi connectivity index (χ3n) is 2.78. The highest BCUT2D eigenvalue weighted by atomic mass is 127. The number of nitrogens with one attached hydrogen (secondary N) is 1. The summed E-state index contributed by atoms with van der Waals surface area (Å²) < 4.78 is 1.33. The molecule has 0 saturated carbocycles. The van der Waals surface area contributed by atoms with Gasteiger partial charge < -0.3 is 11.1 Å². The maximum Gasteiger partial charge on any atom is 0.188 e. The lowest BCUT2D eigenvalue weighted by molar-refractivity contribution is 0.858. The van der Waals surface area contributed by atoms with Crippen LogP contribution in [0.4, 0.5) is 0 Å². The molecule has 3 nitrogen and oxygen atoms in total. The Morgan fingerprint density at radius 3 is 2.90 bits per heavy atom. The van der Waals surface area contributed by atoms with E-state index in [0.29, 0.717) is 12.5 Å². The molecule has 0 aliphatic rings. The second-order valence-corrected chi connectivity index (χ2v) is 5.50. The molecule has 0 aliphatic carbocycles. The van der Waals surface area contributed by atoms with Gasteiger partial charge in [-0.3, -0.25) is 0 Å². The Bertz CT molecular complexity index is 604. The molecule has 0 amide bonds. The van der Waals surface area contributed by atoms with Crippen molar-refractivity contribution in [3.05, 3.63) is 47.4 Å². The van der Waals surface area contributed by atoms with Crippen molar-refractivity contribution in [3.63, 3.8) is 0 Å². The van der Waals surface area contributed by atoms with Crippen LogP contribution in [-0.2, 0) is 6.42 Å². The van der Waals surface area contributed by atoms with E-state index in [-0.39, 0.29) is 24.0 Å². The largest absolute Gasteiger partial charge is 0.370 e. The first-order chi connectivity index (χ1) is 9.16. The molecular weight excluding hydrogens is 381 g/mol. The minimum atomic E-state index is 0. The van der Waals surface area contributed by atoms with Gasteiger partial charge in [-0.2, -0.15) is 0 Å². The van der Waals surface area contributed by atoms with Crippen molar-refractivity contribution in [1.82, 2.24) is 5.32 Å². The first-order valence-corrected chi connectivity index (χ1v) is 7.18. The standard InChI is InChI=1S/C15H19N3S.HI/c1-11(2)9-18-15(16)17-8-7-12-10-19-14-6-4-3-5-13(12)14;/h3-6,10H,1,7-9H2,2H3,(H3,16,17,18);1H. The van der Waals surface area contributed by atoms with Crippen LogP contribution in [0.25, 0.3) is 10.1 Å². The minimum absolute atomic E-state index is 0. The number of halogens is 1. The molecule has 2 rings (SSSR count). The number of thiophene rings is 1. The highest BCUT2D eigenvalue weighted by molar-refractivity contribution is 14.0. The van der Waals surface area contributed by atoms with Gasteiger partial charge in [-0.15, -0.1) is 35.3 Å². The van der Waals surface area contributed by atoms with E-state index in [4.69, 9.17) is 5.73 Å². The molecule has 0 radical (unpaired) electrons. The number of fused-ring (bicyclic) bond motifs is 1. The van der Waals surface area contributed by atoms with Crippen molar-refractivity contribution in [2.45, 2.75) is 13.3 Å². The Morgan fingerprint density at radius 2 is 2.15 bits per heavy atom. The van der Waals surface area contributed by atoms with E-state index in [1.807, 2.05) is 6.92 Å². The average molecular weight is 401 g/mol. The summed E-state index contributed by atoms with van der Waals surface area (Å²) in [6, 6.07) is 8.47.